The Hall–Kier alpha value is -2.74. The number of ether oxygens (including phenoxy) is 1. The Morgan fingerprint density at radius 3 is 2.77 bits per heavy atom. The third-order valence-corrected chi connectivity index (χ3v) is 3.28. The predicted molar refractivity (Wildman–Crippen MR) is 80.4 cm³/mol. The van der Waals surface area contributed by atoms with Crippen LogP contribution >= 0.6 is 11.6 Å². The molecule has 0 saturated heterocycles. The van der Waals surface area contributed by atoms with E-state index in [2.05, 4.69) is 4.98 Å². The fourth-order valence-electron chi connectivity index (χ4n) is 1.82. The smallest absolute Gasteiger partial charge is 0.341 e. The van der Waals surface area contributed by atoms with Gasteiger partial charge in [0.05, 0.1) is 10.5 Å². The lowest BCUT2D eigenvalue weighted by Gasteiger charge is -2.12. The van der Waals surface area contributed by atoms with Gasteiger partial charge in [-0.2, -0.15) is 0 Å². The summed E-state index contributed by atoms with van der Waals surface area (Å²) in [5.41, 5.74) is 5.82. The van der Waals surface area contributed by atoms with Gasteiger partial charge in [0.2, 0.25) is 0 Å². The third kappa shape index (κ3) is 2.96. The lowest BCUT2D eigenvalue weighted by molar-refractivity contribution is -0.139. The first-order chi connectivity index (χ1) is 10.3. The highest BCUT2D eigenvalue weighted by atomic mass is 35.5. The van der Waals surface area contributed by atoms with E-state index in [9.17, 15) is 9.59 Å². The number of nitrogens with zero attached hydrogens (tertiary/aromatic N) is 1. The molecule has 1 heterocycles. The number of aliphatic carboxylic acids is 1. The van der Waals surface area contributed by atoms with Crippen molar-refractivity contribution in [3.63, 3.8) is 0 Å². The van der Waals surface area contributed by atoms with Crippen molar-refractivity contribution in [3.8, 4) is 5.75 Å². The molecule has 0 bridgehead atoms. The summed E-state index contributed by atoms with van der Waals surface area (Å²) in [7, 11) is 1.36. The van der Waals surface area contributed by atoms with Crippen LogP contribution in [-0.2, 0) is 4.79 Å². The van der Waals surface area contributed by atoms with Crippen molar-refractivity contribution in [1.29, 1.82) is 5.41 Å². The number of carboxylic acids is 1. The highest BCUT2D eigenvalue weighted by molar-refractivity contribution is 6.35. The molecule has 9 heteroatoms. The number of carbonyl (C=O) groups is 2. The first kappa shape index (κ1) is 15.6. The number of aromatic nitrogens is 1. The van der Waals surface area contributed by atoms with Crippen LogP contribution < -0.4 is 10.5 Å². The zero-order chi connectivity index (χ0) is 16.4. The highest BCUT2D eigenvalue weighted by Crippen LogP contribution is 2.32. The minimum atomic E-state index is -1.12. The highest BCUT2D eigenvalue weighted by Gasteiger charge is 2.19. The van der Waals surface area contributed by atoms with E-state index in [4.69, 9.17) is 32.6 Å². The Morgan fingerprint density at radius 1 is 1.50 bits per heavy atom. The van der Waals surface area contributed by atoms with Crippen LogP contribution in [0.2, 0.25) is 5.02 Å². The summed E-state index contributed by atoms with van der Waals surface area (Å²) in [6.07, 6.45) is 0. The largest absolute Gasteiger partial charge is 0.480 e. The molecule has 0 spiro atoms. The summed E-state index contributed by atoms with van der Waals surface area (Å²) in [5.74, 6) is -1.80. The van der Waals surface area contributed by atoms with Crippen LogP contribution in [0.25, 0.3) is 10.9 Å². The van der Waals surface area contributed by atoms with E-state index in [1.165, 1.54) is 25.2 Å². The molecular formula is C13H13ClN4O4. The molecule has 2 aromatic rings. The number of hydrogen-bond acceptors (Lipinski definition) is 4. The second-order valence-electron chi connectivity index (χ2n) is 4.45. The Kier molecular flexibility index (Phi) is 4.22. The van der Waals surface area contributed by atoms with E-state index in [0.717, 1.165) is 4.90 Å². The second-order valence-corrected chi connectivity index (χ2v) is 4.86. The predicted octanol–water partition coefficient (Wildman–Crippen LogP) is 1.25. The molecule has 0 unspecified atom stereocenters. The molecule has 8 nitrogen and oxygen atoms in total. The van der Waals surface area contributed by atoms with Crippen molar-refractivity contribution in [2.45, 2.75) is 0 Å². The normalized spacial score (nSPS) is 10.5. The van der Waals surface area contributed by atoms with E-state index in [1.54, 1.807) is 0 Å². The number of aromatic amines is 1. The number of rotatable bonds is 4. The van der Waals surface area contributed by atoms with E-state index in [0.29, 0.717) is 15.9 Å². The van der Waals surface area contributed by atoms with Gasteiger partial charge in [-0.05, 0) is 18.2 Å². The molecule has 2 rings (SSSR count). The summed E-state index contributed by atoms with van der Waals surface area (Å²) < 4.78 is 5.16. The first-order valence-electron chi connectivity index (χ1n) is 6.09. The fraction of sp³-hybridized carbons (Fsp3) is 0.154. The molecule has 5 N–H and O–H groups in total. The Morgan fingerprint density at radius 2 is 2.18 bits per heavy atom. The number of carbonyl (C=O) groups excluding carboxylic acids is 1. The Balaban J connectivity index is 2.46. The van der Waals surface area contributed by atoms with Gasteiger partial charge in [0, 0.05) is 12.4 Å². The Bertz CT molecular complexity index is 771. The topological polar surface area (TPSA) is 133 Å². The summed E-state index contributed by atoms with van der Waals surface area (Å²) in [6.45, 7) is -0.521. The van der Waals surface area contributed by atoms with Crippen LogP contribution in [0.15, 0.2) is 18.2 Å². The molecule has 1 aromatic heterocycles. The van der Waals surface area contributed by atoms with Crippen LogP contribution in [0.3, 0.4) is 0 Å². The zero-order valence-electron chi connectivity index (χ0n) is 11.5. The van der Waals surface area contributed by atoms with Crippen LogP contribution in [0.4, 0.5) is 0 Å². The maximum atomic E-state index is 12.1. The summed E-state index contributed by atoms with van der Waals surface area (Å²) >= 11 is 6.07. The van der Waals surface area contributed by atoms with E-state index in [-0.39, 0.29) is 11.4 Å². The van der Waals surface area contributed by atoms with Gasteiger partial charge in [0.1, 0.15) is 11.4 Å². The maximum absolute atomic E-state index is 12.1. The van der Waals surface area contributed by atoms with Gasteiger partial charge in [-0.3, -0.25) is 15.1 Å². The van der Waals surface area contributed by atoms with Crippen LogP contribution in [-0.4, -0.2) is 46.5 Å². The Labute approximate surface area is 129 Å². The lowest BCUT2D eigenvalue weighted by Crippen LogP contribution is -2.38. The molecule has 0 aliphatic carbocycles. The number of H-pyrrole nitrogens is 1. The first-order valence-corrected chi connectivity index (χ1v) is 6.47. The van der Waals surface area contributed by atoms with E-state index < -0.39 is 24.4 Å². The molecular weight excluding hydrogens is 312 g/mol. The van der Waals surface area contributed by atoms with Crippen molar-refractivity contribution >= 4 is 40.3 Å². The number of benzene rings is 1. The molecule has 0 aliphatic rings. The molecule has 0 saturated carbocycles. The van der Waals surface area contributed by atoms with Gasteiger partial charge in [0.25, 0.3) is 5.91 Å². The molecule has 22 heavy (non-hydrogen) atoms. The lowest BCUT2D eigenvalue weighted by atomic mass is 10.2. The number of nitrogens with one attached hydrogen (secondary N) is 2. The zero-order valence-corrected chi connectivity index (χ0v) is 12.3. The molecule has 0 atom stereocenters. The number of hydrogen-bond donors (Lipinski definition) is 4. The molecule has 1 aromatic carbocycles. The van der Waals surface area contributed by atoms with Gasteiger partial charge in [-0.25, -0.2) is 4.79 Å². The summed E-state index contributed by atoms with van der Waals surface area (Å²) in [6, 6.07) is 4.54. The van der Waals surface area contributed by atoms with Gasteiger partial charge < -0.3 is 20.6 Å². The summed E-state index contributed by atoms with van der Waals surface area (Å²) in [5, 5.41) is 16.8. The van der Waals surface area contributed by atoms with Crippen molar-refractivity contribution in [3.05, 3.63) is 28.9 Å². The van der Waals surface area contributed by atoms with Crippen LogP contribution in [0.1, 0.15) is 10.5 Å². The quantitative estimate of drug-likeness (QED) is 0.496. The molecule has 0 radical (unpaired) electrons. The SMILES string of the molecule is CN(C(=N)N)C(=O)c1cc2c(Cl)ccc(OCC(=O)O)c2[nH]1. The standard InChI is InChI=1S/C13H13ClN4O4/c1-18(13(15)16)12(21)8-4-6-7(14)2-3-9(11(6)17-8)22-5-10(19)20/h2-4,17H,5H2,1H3,(H3,15,16)(H,19,20). The number of carboxylic acid groups (broad SMARTS) is 1. The number of guanidine groups is 1. The minimum absolute atomic E-state index is 0.154. The van der Waals surface area contributed by atoms with Gasteiger partial charge in [-0.1, -0.05) is 11.6 Å². The van der Waals surface area contributed by atoms with E-state index >= 15 is 0 Å². The maximum Gasteiger partial charge on any atom is 0.341 e. The van der Waals surface area contributed by atoms with Crippen molar-refractivity contribution in [1.82, 2.24) is 9.88 Å². The average molecular weight is 325 g/mol. The molecule has 116 valence electrons. The monoisotopic (exact) mass is 324 g/mol. The van der Waals surface area contributed by atoms with Crippen molar-refractivity contribution < 1.29 is 19.4 Å². The fourth-order valence-corrected chi connectivity index (χ4v) is 2.04. The molecule has 0 fully saturated rings. The second kappa shape index (κ2) is 5.94. The van der Waals surface area contributed by atoms with Crippen LogP contribution in [0, 0.1) is 5.41 Å². The van der Waals surface area contributed by atoms with Gasteiger partial charge >= 0.3 is 5.97 Å². The number of amides is 1. The van der Waals surface area contributed by atoms with Crippen molar-refractivity contribution in [2.24, 2.45) is 5.73 Å². The molecule has 0 aliphatic heterocycles. The van der Waals surface area contributed by atoms with Crippen molar-refractivity contribution in [2.75, 3.05) is 13.7 Å². The number of fused-ring (bicyclic) bond motifs is 1. The number of nitrogens with two attached hydrogens (primary N) is 1. The molecule has 1 amide bonds. The average Bonchev–Trinajstić information content (AvgIpc) is 2.90. The van der Waals surface area contributed by atoms with Gasteiger partial charge in [-0.15, -0.1) is 0 Å². The third-order valence-electron chi connectivity index (χ3n) is 2.95. The van der Waals surface area contributed by atoms with E-state index in [1.807, 2.05) is 0 Å². The van der Waals surface area contributed by atoms with Gasteiger partial charge in [0.15, 0.2) is 12.6 Å². The number of halogens is 1. The summed E-state index contributed by atoms with van der Waals surface area (Å²) in [4.78, 5) is 26.5. The minimum Gasteiger partial charge on any atom is -0.480 e. The van der Waals surface area contributed by atoms with Crippen LogP contribution in [0.5, 0.6) is 5.75 Å².